The Kier molecular flexibility index (Phi) is 5.72. The van der Waals surface area contributed by atoms with Crippen molar-refractivity contribution in [3.05, 3.63) is 12.3 Å². The number of anilines is 1. The molecule has 1 aromatic heterocycles. The van der Waals surface area contributed by atoms with Gasteiger partial charge < -0.3 is 24.7 Å². The van der Waals surface area contributed by atoms with Crippen molar-refractivity contribution in [3.8, 4) is 5.88 Å². The molecule has 1 aliphatic heterocycles. The number of aromatic nitrogens is 2. The van der Waals surface area contributed by atoms with E-state index in [1.165, 1.54) is 0 Å². The molecular weight excluding hydrogens is 272 g/mol. The smallest absolute Gasteiger partial charge is 0.228 e. The fourth-order valence-electron chi connectivity index (χ4n) is 2.78. The number of hydrogen-bond acceptors (Lipinski definition) is 7. The predicted molar refractivity (Wildman–Crippen MR) is 79.4 cm³/mol. The fraction of sp³-hybridized carbons (Fsp3) is 0.714. The zero-order valence-electron chi connectivity index (χ0n) is 12.6. The molecule has 2 rings (SSSR count). The number of nitrogens with zero attached hydrogens (tertiary/aromatic N) is 4. The standard InChI is InChI=1S/C14H24N4O3/c1-17(5-6-19)7-11-8-18(9-12(11)10-20)14-15-4-3-13(16-14)21-2/h3-4,11-12,19-20H,5-10H2,1-2H3/t11-,12-/m1/s1. The van der Waals surface area contributed by atoms with Gasteiger partial charge in [0.05, 0.1) is 13.7 Å². The minimum atomic E-state index is 0.149. The highest BCUT2D eigenvalue weighted by Gasteiger charge is 2.34. The lowest BCUT2D eigenvalue weighted by Gasteiger charge is -2.23. The van der Waals surface area contributed by atoms with E-state index in [9.17, 15) is 5.11 Å². The average molecular weight is 296 g/mol. The lowest BCUT2D eigenvalue weighted by molar-refractivity contribution is 0.160. The zero-order valence-corrected chi connectivity index (χ0v) is 12.6. The first-order valence-electron chi connectivity index (χ1n) is 7.20. The lowest BCUT2D eigenvalue weighted by atomic mass is 9.96. The minimum absolute atomic E-state index is 0.149. The summed E-state index contributed by atoms with van der Waals surface area (Å²) in [6, 6.07) is 1.72. The van der Waals surface area contributed by atoms with Crippen molar-refractivity contribution in [2.75, 3.05) is 58.5 Å². The van der Waals surface area contributed by atoms with Crippen LogP contribution in [-0.2, 0) is 0 Å². The molecule has 0 aliphatic carbocycles. The molecule has 2 heterocycles. The molecule has 0 unspecified atom stereocenters. The van der Waals surface area contributed by atoms with Crippen molar-refractivity contribution >= 4 is 5.95 Å². The van der Waals surface area contributed by atoms with Crippen LogP contribution in [0.1, 0.15) is 0 Å². The number of rotatable bonds is 7. The van der Waals surface area contributed by atoms with Gasteiger partial charge in [0.15, 0.2) is 0 Å². The first-order chi connectivity index (χ1) is 10.2. The van der Waals surface area contributed by atoms with Crippen LogP contribution in [0.4, 0.5) is 5.95 Å². The van der Waals surface area contributed by atoms with Gasteiger partial charge in [-0.3, -0.25) is 0 Å². The van der Waals surface area contributed by atoms with Gasteiger partial charge in [0.1, 0.15) is 0 Å². The van der Waals surface area contributed by atoms with E-state index in [1.807, 2.05) is 7.05 Å². The van der Waals surface area contributed by atoms with E-state index < -0.39 is 0 Å². The van der Waals surface area contributed by atoms with E-state index in [2.05, 4.69) is 19.8 Å². The number of aliphatic hydroxyl groups is 2. The minimum Gasteiger partial charge on any atom is -0.481 e. The Labute approximate surface area is 125 Å². The van der Waals surface area contributed by atoms with Crippen molar-refractivity contribution in [2.24, 2.45) is 11.8 Å². The van der Waals surface area contributed by atoms with Gasteiger partial charge in [-0.1, -0.05) is 0 Å². The van der Waals surface area contributed by atoms with Gasteiger partial charge in [-0.25, -0.2) is 4.98 Å². The van der Waals surface area contributed by atoms with Gasteiger partial charge in [0.25, 0.3) is 0 Å². The van der Waals surface area contributed by atoms with Gasteiger partial charge in [-0.15, -0.1) is 0 Å². The number of hydrogen-bond donors (Lipinski definition) is 2. The summed E-state index contributed by atoms with van der Waals surface area (Å²) in [4.78, 5) is 12.8. The molecule has 7 heteroatoms. The summed E-state index contributed by atoms with van der Waals surface area (Å²) in [7, 11) is 3.56. The number of methoxy groups -OCH3 is 1. The summed E-state index contributed by atoms with van der Waals surface area (Å²) in [6.45, 7) is 3.32. The Morgan fingerprint density at radius 3 is 2.81 bits per heavy atom. The van der Waals surface area contributed by atoms with Crippen LogP contribution in [0.15, 0.2) is 12.3 Å². The van der Waals surface area contributed by atoms with E-state index in [4.69, 9.17) is 9.84 Å². The predicted octanol–water partition coefficient (Wildman–Crippen LogP) is -0.546. The maximum Gasteiger partial charge on any atom is 0.228 e. The third-order valence-electron chi connectivity index (χ3n) is 3.95. The molecule has 0 amide bonds. The second-order valence-corrected chi connectivity index (χ2v) is 5.49. The molecule has 1 aliphatic rings. The van der Waals surface area contributed by atoms with Gasteiger partial charge in [0.2, 0.25) is 11.8 Å². The highest BCUT2D eigenvalue weighted by atomic mass is 16.5. The van der Waals surface area contributed by atoms with Crippen molar-refractivity contribution < 1.29 is 14.9 Å². The lowest BCUT2D eigenvalue weighted by Crippen LogP contribution is -2.33. The van der Waals surface area contributed by atoms with E-state index >= 15 is 0 Å². The second kappa shape index (κ2) is 7.53. The fourth-order valence-corrected chi connectivity index (χ4v) is 2.78. The molecule has 118 valence electrons. The quantitative estimate of drug-likeness (QED) is 0.699. The molecule has 21 heavy (non-hydrogen) atoms. The topological polar surface area (TPSA) is 82.0 Å². The van der Waals surface area contributed by atoms with Crippen LogP contribution in [0, 0.1) is 11.8 Å². The molecule has 0 spiro atoms. The van der Waals surface area contributed by atoms with Crippen LogP contribution in [-0.4, -0.2) is 78.6 Å². The molecule has 0 aromatic carbocycles. The molecule has 7 nitrogen and oxygen atoms in total. The Morgan fingerprint density at radius 1 is 1.38 bits per heavy atom. The van der Waals surface area contributed by atoms with Crippen LogP contribution >= 0.6 is 0 Å². The maximum absolute atomic E-state index is 9.58. The summed E-state index contributed by atoms with van der Waals surface area (Å²) >= 11 is 0. The summed E-state index contributed by atoms with van der Waals surface area (Å²) in [5, 5.41) is 18.6. The van der Waals surface area contributed by atoms with Crippen molar-refractivity contribution in [3.63, 3.8) is 0 Å². The van der Waals surface area contributed by atoms with E-state index in [0.29, 0.717) is 24.3 Å². The van der Waals surface area contributed by atoms with Crippen LogP contribution in [0.25, 0.3) is 0 Å². The molecular formula is C14H24N4O3. The number of ether oxygens (including phenoxy) is 1. The van der Waals surface area contributed by atoms with E-state index in [-0.39, 0.29) is 19.1 Å². The van der Waals surface area contributed by atoms with Gasteiger partial charge in [-0.05, 0) is 13.0 Å². The molecule has 0 saturated carbocycles. The molecule has 0 bridgehead atoms. The summed E-state index contributed by atoms with van der Waals surface area (Å²) in [5.74, 6) is 1.71. The highest BCUT2D eigenvalue weighted by molar-refractivity contribution is 5.34. The van der Waals surface area contributed by atoms with Crippen molar-refractivity contribution in [1.29, 1.82) is 0 Å². The molecule has 1 saturated heterocycles. The average Bonchev–Trinajstić information content (AvgIpc) is 2.90. The SMILES string of the molecule is COc1ccnc(N2C[C@@H](CN(C)CCO)[C@@H](CO)C2)n1. The Morgan fingerprint density at radius 2 is 2.14 bits per heavy atom. The van der Waals surface area contributed by atoms with E-state index in [0.717, 1.165) is 19.6 Å². The van der Waals surface area contributed by atoms with Crippen LogP contribution in [0.3, 0.4) is 0 Å². The van der Waals surface area contributed by atoms with Gasteiger partial charge >= 0.3 is 0 Å². The largest absolute Gasteiger partial charge is 0.481 e. The van der Waals surface area contributed by atoms with Crippen molar-refractivity contribution in [1.82, 2.24) is 14.9 Å². The van der Waals surface area contributed by atoms with Crippen LogP contribution < -0.4 is 9.64 Å². The summed E-state index contributed by atoms with van der Waals surface area (Å²) < 4.78 is 5.13. The Bertz CT molecular complexity index is 446. The van der Waals surface area contributed by atoms with E-state index in [1.54, 1.807) is 19.4 Å². The third kappa shape index (κ3) is 4.03. The third-order valence-corrected chi connectivity index (χ3v) is 3.95. The Hall–Kier alpha value is -1.44. The molecule has 1 aromatic rings. The van der Waals surface area contributed by atoms with Gasteiger partial charge in [-0.2, -0.15) is 4.98 Å². The van der Waals surface area contributed by atoms with Gasteiger partial charge in [0, 0.05) is 51.0 Å². The maximum atomic E-state index is 9.58. The first kappa shape index (κ1) is 15.9. The van der Waals surface area contributed by atoms with Crippen LogP contribution in [0.2, 0.25) is 0 Å². The first-order valence-corrected chi connectivity index (χ1v) is 7.20. The van der Waals surface area contributed by atoms with Crippen LogP contribution in [0.5, 0.6) is 5.88 Å². The molecule has 2 atom stereocenters. The molecule has 1 fully saturated rings. The number of likely N-dealkylation sites (N-methyl/N-ethyl adjacent to an activating group) is 1. The second-order valence-electron chi connectivity index (χ2n) is 5.49. The Balaban J connectivity index is 2.03. The summed E-state index contributed by atoms with van der Waals surface area (Å²) in [5.41, 5.74) is 0. The molecule has 0 radical (unpaired) electrons. The summed E-state index contributed by atoms with van der Waals surface area (Å²) in [6.07, 6.45) is 1.68. The molecule has 2 N–H and O–H groups in total. The number of aliphatic hydroxyl groups excluding tert-OH is 2. The highest BCUT2D eigenvalue weighted by Crippen LogP contribution is 2.27. The normalized spacial score (nSPS) is 22.0. The van der Waals surface area contributed by atoms with Crippen molar-refractivity contribution in [2.45, 2.75) is 0 Å². The zero-order chi connectivity index (χ0) is 15.2. The monoisotopic (exact) mass is 296 g/mol.